The molecule has 1 rings (SSSR count). The van der Waals surface area contributed by atoms with Gasteiger partial charge >= 0.3 is 0 Å². The van der Waals surface area contributed by atoms with Gasteiger partial charge in [-0.3, -0.25) is 4.98 Å². The van der Waals surface area contributed by atoms with Gasteiger partial charge in [0.15, 0.2) is 0 Å². The van der Waals surface area contributed by atoms with Gasteiger partial charge in [0.1, 0.15) is 0 Å². The Morgan fingerprint density at radius 2 is 2.13 bits per heavy atom. The predicted octanol–water partition coefficient (Wildman–Crippen LogP) is 3.34. The molecule has 0 unspecified atom stereocenters. The number of halogens is 2. The molecule has 2 nitrogen and oxygen atoms in total. The maximum atomic E-state index is 5.59. The number of alkyl halides is 1. The van der Waals surface area contributed by atoms with Crippen molar-refractivity contribution in [1.82, 2.24) is 10.3 Å². The average Bonchev–Trinajstić information content (AvgIpc) is 2.26. The van der Waals surface area contributed by atoms with Gasteiger partial charge in [0, 0.05) is 23.1 Å². The Morgan fingerprint density at radius 1 is 1.27 bits per heavy atom. The first-order valence-corrected chi connectivity index (χ1v) is 6.53. The van der Waals surface area contributed by atoms with E-state index in [2.05, 4.69) is 26.2 Å². The van der Waals surface area contributed by atoms with Crippen LogP contribution >= 0.6 is 27.5 Å². The molecular formula is C11H16BrClN2. The highest BCUT2D eigenvalue weighted by Crippen LogP contribution is 2.07. The van der Waals surface area contributed by atoms with Gasteiger partial charge in [0.2, 0.25) is 0 Å². The summed E-state index contributed by atoms with van der Waals surface area (Å²) in [4.78, 5) is 4.28. The molecule has 0 spiro atoms. The van der Waals surface area contributed by atoms with Crippen LogP contribution < -0.4 is 5.32 Å². The minimum atomic E-state index is 0.772. The largest absolute Gasteiger partial charge is 0.311 e. The van der Waals surface area contributed by atoms with Gasteiger partial charge in [-0.05, 0) is 47.4 Å². The van der Waals surface area contributed by atoms with E-state index in [4.69, 9.17) is 11.6 Å². The maximum Gasteiger partial charge on any atom is 0.0542 e. The van der Waals surface area contributed by atoms with E-state index in [0.717, 1.165) is 35.6 Å². The summed E-state index contributed by atoms with van der Waals surface area (Å²) in [7, 11) is 0. The molecular weight excluding hydrogens is 275 g/mol. The second-order valence-corrected chi connectivity index (χ2v) is 4.69. The third-order valence-corrected chi connectivity index (χ3v) is 2.82. The summed E-state index contributed by atoms with van der Waals surface area (Å²) in [5.41, 5.74) is 1.08. The van der Waals surface area contributed by atoms with Gasteiger partial charge in [0.25, 0.3) is 0 Å². The second-order valence-electron chi connectivity index (χ2n) is 3.39. The lowest BCUT2D eigenvalue weighted by atomic mass is 10.2. The predicted molar refractivity (Wildman–Crippen MR) is 68.2 cm³/mol. The molecule has 4 heteroatoms. The van der Waals surface area contributed by atoms with Gasteiger partial charge in [-0.25, -0.2) is 0 Å². The number of nitrogens with one attached hydrogen (secondary N) is 1. The molecule has 0 aliphatic heterocycles. The zero-order chi connectivity index (χ0) is 10.9. The summed E-state index contributed by atoms with van der Waals surface area (Å²) in [5.74, 6) is 0.772. The smallest absolute Gasteiger partial charge is 0.0542 e. The second kappa shape index (κ2) is 8.08. The summed E-state index contributed by atoms with van der Waals surface area (Å²) in [6.45, 7) is 1.88. The SMILES string of the molecule is ClCCCCCNCc1ccc(Br)cn1. The number of aromatic nitrogens is 1. The Balaban J connectivity index is 2.07. The number of unbranched alkanes of at least 4 members (excludes halogenated alkanes) is 2. The van der Waals surface area contributed by atoms with Crippen molar-refractivity contribution in [2.75, 3.05) is 12.4 Å². The molecule has 1 heterocycles. The van der Waals surface area contributed by atoms with Gasteiger partial charge in [0.05, 0.1) is 5.69 Å². The van der Waals surface area contributed by atoms with Crippen molar-refractivity contribution in [3.8, 4) is 0 Å². The van der Waals surface area contributed by atoms with Crippen LogP contribution in [0.1, 0.15) is 25.0 Å². The van der Waals surface area contributed by atoms with Crippen molar-refractivity contribution in [1.29, 1.82) is 0 Å². The molecule has 0 saturated carbocycles. The van der Waals surface area contributed by atoms with E-state index in [0.29, 0.717) is 0 Å². The zero-order valence-electron chi connectivity index (χ0n) is 8.68. The van der Waals surface area contributed by atoms with Crippen molar-refractivity contribution < 1.29 is 0 Å². The van der Waals surface area contributed by atoms with Crippen LogP contribution in [-0.4, -0.2) is 17.4 Å². The first-order valence-electron chi connectivity index (χ1n) is 5.20. The van der Waals surface area contributed by atoms with Crippen LogP contribution in [0.3, 0.4) is 0 Å². The molecule has 0 fully saturated rings. The van der Waals surface area contributed by atoms with Crippen molar-refractivity contribution >= 4 is 27.5 Å². The Kier molecular flexibility index (Phi) is 6.98. The van der Waals surface area contributed by atoms with Crippen LogP contribution in [0, 0.1) is 0 Å². The third-order valence-electron chi connectivity index (χ3n) is 2.08. The van der Waals surface area contributed by atoms with Gasteiger partial charge in [-0.15, -0.1) is 11.6 Å². The van der Waals surface area contributed by atoms with E-state index >= 15 is 0 Å². The summed E-state index contributed by atoms with van der Waals surface area (Å²) < 4.78 is 1.02. The van der Waals surface area contributed by atoms with Gasteiger partial charge in [-0.1, -0.05) is 6.42 Å². The van der Waals surface area contributed by atoms with Crippen LogP contribution in [0.4, 0.5) is 0 Å². The molecule has 0 aliphatic rings. The average molecular weight is 292 g/mol. The lowest BCUT2D eigenvalue weighted by Crippen LogP contribution is -2.15. The van der Waals surface area contributed by atoms with E-state index in [1.165, 1.54) is 12.8 Å². The molecule has 0 bridgehead atoms. The topological polar surface area (TPSA) is 24.9 Å². The van der Waals surface area contributed by atoms with Gasteiger partial charge < -0.3 is 5.32 Å². The monoisotopic (exact) mass is 290 g/mol. The molecule has 0 radical (unpaired) electrons. The minimum absolute atomic E-state index is 0.772. The molecule has 1 aromatic rings. The molecule has 15 heavy (non-hydrogen) atoms. The maximum absolute atomic E-state index is 5.59. The first kappa shape index (κ1) is 12.9. The Morgan fingerprint density at radius 3 is 2.80 bits per heavy atom. The van der Waals surface area contributed by atoms with E-state index in [1.807, 2.05) is 18.3 Å². The Labute approximate surface area is 105 Å². The third kappa shape index (κ3) is 6.13. The Bertz CT molecular complexity index is 264. The number of nitrogens with zero attached hydrogens (tertiary/aromatic N) is 1. The van der Waals surface area contributed by atoms with Crippen molar-refractivity contribution in [3.05, 3.63) is 28.5 Å². The van der Waals surface area contributed by atoms with Crippen LogP contribution in [0.15, 0.2) is 22.8 Å². The number of hydrogen-bond acceptors (Lipinski definition) is 2. The highest BCUT2D eigenvalue weighted by atomic mass is 79.9. The summed E-state index contributed by atoms with van der Waals surface area (Å²) >= 11 is 8.95. The van der Waals surface area contributed by atoms with Crippen molar-refractivity contribution in [2.45, 2.75) is 25.8 Å². The standard InChI is InChI=1S/C11H16BrClN2/c12-10-4-5-11(15-8-10)9-14-7-3-1-2-6-13/h4-5,8,14H,1-3,6-7,9H2. The van der Waals surface area contributed by atoms with Crippen LogP contribution in [0.25, 0.3) is 0 Å². The molecule has 0 aromatic carbocycles. The highest BCUT2D eigenvalue weighted by molar-refractivity contribution is 9.10. The van der Waals surface area contributed by atoms with E-state index in [-0.39, 0.29) is 0 Å². The van der Waals surface area contributed by atoms with Crippen molar-refractivity contribution in [3.63, 3.8) is 0 Å². The molecule has 0 atom stereocenters. The molecule has 0 saturated heterocycles. The molecule has 0 aliphatic carbocycles. The molecule has 1 aromatic heterocycles. The molecule has 84 valence electrons. The lowest BCUT2D eigenvalue weighted by Gasteiger charge is -2.03. The summed E-state index contributed by atoms with van der Waals surface area (Å²) in [6, 6.07) is 4.04. The zero-order valence-corrected chi connectivity index (χ0v) is 11.0. The fourth-order valence-corrected chi connectivity index (χ4v) is 1.67. The van der Waals surface area contributed by atoms with E-state index in [9.17, 15) is 0 Å². The van der Waals surface area contributed by atoms with Crippen LogP contribution in [0.2, 0.25) is 0 Å². The summed E-state index contributed by atoms with van der Waals surface area (Å²) in [6.07, 6.45) is 5.32. The summed E-state index contributed by atoms with van der Waals surface area (Å²) in [5, 5.41) is 3.36. The van der Waals surface area contributed by atoms with Crippen LogP contribution in [-0.2, 0) is 6.54 Å². The van der Waals surface area contributed by atoms with Crippen LogP contribution in [0.5, 0.6) is 0 Å². The molecule has 1 N–H and O–H groups in total. The fourth-order valence-electron chi connectivity index (χ4n) is 1.25. The number of rotatable bonds is 7. The van der Waals surface area contributed by atoms with E-state index in [1.54, 1.807) is 0 Å². The highest BCUT2D eigenvalue weighted by Gasteiger charge is 1.94. The lowest BCUT2D eigenvalue weighted by molar-refractivity contribution is 0.612. The fraction of sp³-hybridized carbons (Fsp3) is 0.545. The van der Waals surface area contributed by atoms with E-state index < -0.39 is 0 Å². The number of hydrogen-bond donors (Lipinski definition) is 1. The Hall–Kier alpha value is -0.120. The number of pyridine rings is 1. The molecule has 0 amide bonds. The first-order chi connectivity index (χ1) is 7.33. The normalized spacial score (nSPS) is 10.5. The van der Waals surface area contributed by atoms with Gasteiger partial charge in [-0.2, -0.15) is 0 Å². The minimum Gasteiger partial charge on any atom is -0.311 e. The quantitative estimate of drug-likeness (QED) is 0.615. The van der Waals surface area contributed by atoms with Crippen molar-refractivity contribution in [2.24, 2.45) is 0 Å².